The lowest BCUT2D eigenvalue weighted by Gasteiger charge is -2.61. The molecule has 0 N–H and O–H groups in total. The fourth-order valence-corrected chi connectivity index (χ4v) is 9.03. The van der Waals surface area contributed by atoms with Crippen molar-refractivity contribution >= 4 is 5.97 Å². The second-order valence-electron chi connectivity index (χ2n) is 12.3. The van der Waals surface area contributed by atoms with Gasteiger partial charge in [0.15, 0.2) is 0 Å². The molecule has 4 aliphatic carbocycles. The molecule has 0 unspecified atom stereocenters. The first-order valence-electron chi connectivity index (χ1n) is 13.9. The molecule has 0 aliphatic heterocycles. The van der Waals surface area contributed by atoms with Crippen molar-refractivity contribution in [3.05, 3.63) is 11.9 Å². The lowest BCUT2D eigenvalue weighted by atomic mass is 9.44. The van der Waals surface area contributed by atoms with Crippen LogP contribution in [0, 0.1) is 46.3 Å². The highest BCUT2D eigenvalue weighted by Gasteiger charge is 2.63. The Hall–Kier alpha value is -1.02. The van der Waals surface area contributed by atoms with Crippen molar-refractivity contribution < 1.29 is 32.9 Å². The van der Waals surface area contributed by atoms with Crippen LogP contribution in [0.1, 0.15) is 72.1 Å². The van der Waals surface area contributed by atoms with Gasteiger partial charge in [-0.05, 0) is 97.4 Å². The van der Waals surface area contributed by atoms with Gasteiger partial charge < -0.3 is 23.7 Å². The molecule has 4 rings (SSSR count). The first-order chi connectivity index (χ1) is 17.2. The van der Waals surface area contributed by atoms with Gasteiger partial charge >= 0.3 is 5.97 Å². The van der Waals surface area contributed by atoms with Crippen LogP contribution in [0.25, 0.3) is 0 Å². The summed E-state index contributed by atoms with van der Waals surface area (Å²) in [6.45, 7) is 7.45. The molecule has 10 atom stereocenters. The number of rotatable bonds is 10. The maximum absolute atomic E-state index is 15.3. The molecule has 0 bridgehead atoms. The Kier molecular flexibility index (Phi) is 8.85. The highest BCUT2D eigenvalue weighted by atomic mass is 19.1. The van der Waals surface area contributed by atoms with Crippen LogP contribution in [0.4, 0.5) is 4.39 Å². The zero-order valence-electron chi connectivity index (χ0n) is 23.1. The van der Waals surface area contributed by atoms with E-state index in [1.54, 1.807) is 14.2 Å². The van der Waals surface area contributed by atoms with Gasteiger partial charge in [0.05, 0.1) is 13.2 Å². The van der Waals surface area contributed by atoms with E-state index in [0.717, 1.165) is 25.7 Å². The Balaban J connectivity index is 1.60. The molecule has 36 heavy (non-hydrogen) atoms. The van der Waals surface area contributed by atoms with E-state index in [9.17, 15) is 4.79 Å². The summed E-state index contributed by atoms with van der Waals surface area (Å²) in [4.78, 5) is 11.8. The van der Waals surface area contributed by atoms with Crippen molar-refractivity contribution in [2.24, 2.45) is 46.3 Å². The van der Waals surface area contributed by atoms with Crippen LogP contribution in [0.15, 0.2) is 11.9 Å². The van der Waals surface area contributed by atoms with Crippen LogP contribution in [-0.4, -0.2) is 53.1 Å². The lowest BCUT2D eigenvalue weighted by molar-refractivity contribution is -0.194. The number of hydrogen-bond donors (Lipinski definition) is 0. The smallest absolute Gasteiger partial charge is 0.305 e. The molecule has 0 radical (unpaired) electrons. The van der Waals surface area contributed by atoms with E-state index in [4.69, 9.17) is 23.7 Å². The fraction of sp³-hybridized carbons (Fsp3) is 0.897. The van der Waals surface area contributed by atoms with E-state index in [1.807, 2.05) is 6.08 Å². The highest BCUT2D eigenvalue weighted by molar-refractivity contribution is 5.69. The van der Waals surface area contributed by atoms with Gasteiger partial charge in [0.2, 0.25) is 0 Å². The second kappa shape index (κ2) is 11.4. The molecule has 3 saturated carbocycles. The number of carbonyl (C=O) groups is 1. The minimum atomic E-state index is -0.539. The van der Waals surface area contributed by atoms with Crippen molar-refractivity contribution in [1.29, 1.82) is 0 Å². The average Bonchev–Trinajstić information content (AvgIpc) is 3.21. The quantitative estimate of drug-likeness (QED) is 0.270. The third kappa shape index (κ3) is 5.02. The van der Waals surface area contributed by atoms with Gasteiger partial charge in [-0.25, -0.2) is 4.39 Å². The maximum Gasteiger partial charge on any atom is 0.305 e. The van der Waals surface area contributed by atoms with Crippen molar-refractivity contribution in [3.63, 3.8) is 0 Å². The molecular weight excluding hydrogens is 463 g/mol. The number of hydrogen-bond acceptors (Lipinski definition) is 6. The first-order valence-corrected chi connectivity index (χ1v) is 13.9. The van der Waals surface area contributed by atoms with Crippen LogP contribution in [-0.2, 0) is 28.5 Å². The van der Waals surface area contributed by atoms with E-state index in [1.165, 1.54) is 20.0 Å². The number of methoxy groups -OCH3 is 3. The molecular formula is C29H47FO6. The van der Waals surface area contributed by atoms with Gasteiger partial charge in [-0.3, -0.25) is 4.79 Å². The number of carbonyl (C=O) groups excluding carboxylic acids is 1. The summed E-state index contributed by atoms with van der Waals surface area (Å²) in [7, 11) is 4.71. The van der Waals surface area contributed by atoms with Crippen molar-refractivity contribution in [3.8, 4) is 0 Å². The van der Waals surface area contributed by atoms with Gasteiger partial charge in [0.1, 0.15) is 25.5 Å². The topological polar surface area (TPSA) is 63.2 Å². The molecule has 0 aromatic heterocycles. The third-order valence-corrected chi connectivity index (χ3v) is 10.8. The van der Waals surface area contributed by atoms with Crippen LogP contribution >= 0.6 is 0 Å². The summed E-state index contributed by atoms with van der Waals surface area (Å²) in [5, 5.41) is 0. The van der Waals surface area contributed by atoms with Gasteiger partial charge in [-0.2, -0.15) is 0 Å². The predicted octanol–water partition coefficient (Wildman–Crippen LogP) is 5.90. The van der Waals surface area contributed by atoms with E-state index in [0.29, 0.717) is 48.3 Å². The molecule has 6 nitrogen and oxygen atoms in total. The van der Waals surface area contributed by atoms with E-state index in [-0.39, 0.29) is 42.3 Å². The molecule has 7 heteroatoms. The minimum Gasteiger partial charge on any atom is -0.469 e. The molecule has 0 heterocycles. The van der Waals surface area contributed by atoms with Crippen molar-refractivity contribution in [2.45, 2.75) is 84.3 Å². The van der Waals surface area contributed by atoms with Gasteiger partial charge in [-0.15, -0.1) is 0 Å². The monoisotopic (exact) mass is 510 g/mol. The summed E-state index contributed by atoms with van der Waals surface area (Å²) in [6.07, 6.45) is 8.94. The lowest BCUT2D eigenvalue weighted by Crippen LogP contribution is -2.58. The SMILES string of the molecule is COCO[C@H]1C[C@@H]2C[C@@H](OCOC)C(F)=C[C@]2(C)[C@H]2CC[C@]3(C)[C@@H]([C@H](C)CCC(=O)OC)CC[C@H]3[C@H]12. The second-order valence-corrected chi connectivity index (χ2v) is 12.3. The number of esters is 1. The Morgan fingerprint density at radius 2 is 1.78 bits per heavy atom. The normalized spacial score (nSPS) is 42.6. The standard InChI is InChI=1S/C29H47FO6/c1-18(7-10-26(31)34-6)20-8-9-21-27-22(11-12-28(20,21)2)29(3)15-23(30)24(35-16-32-4)13-19(29)14-25(27)36-17-33-5/h15,18-22,24-25,27H,7-14,16-17H2,1-6H3/t18-,19+,20-,21+,22+,24-,25+,27+,28-,29+/m1/s1. The van der Waals surface area contributed by atoms with Gasteiger partial charge in [-0.1, -0.05) is 20.8 Å². The molecule has 3 fully saturated rings. The largest absolute Gasteiger partial charge is 0.469 e. The summed E-state index contributed by atoms with van der Waals surface area (Å²) in [5.74, 6) is 2.34. The number of allylic oxidation sites excluding steroid dienone is 1. The molecule has 206 valence electrons. The van der Waals surface area contributed by atoms with Crippen LogP contribution in [0.2, 0.25) is 0 Å². The molecule has 0 spiro atoms. The molecule has 0 amide bonds. The van der Waals surface area contributed by atoms with Gasteiger partial charge in [0.25, 0.3) is 0 Å². The Morgan fingerprint density at radius 1 is 1.06 bits per heavy atom. The summed E-state index contributed by atoms with van der Waals surface area (Å²) in [6, 6.07) is 0. The Labute approximate surface area is 216 Å². The van der Waals surface area contributed by atoms with Crippen LogP contribution in [0.3, 0.4) is 0 Å². The third-order valence-electron chi connectivity index (χ3n) is 10.8. The molecule has 0 aromatic rings. The number of fused-ring (bicyclic) bond motifs is 5. The molecule has 0 aromatic carbocycles. The molecule has 0 saturated heterocycles. The zero-order valence-corrected chi connectivity index (χ0v) is 23.1. The molecule has 4 aliphatic rings. The highest BCUT2D eigenvalue weighted by Crippen LogP contribution is 2.68. The number of halogens is 1. The number of ether oxygens (including phenoxy) is 5. The predicted molar refractivity (Wildman–Crippen MR) is 134 cm³/mol. The summed E-state index contributed by atoms with van der Waals surface area (Å²) < 4.78 is 42.8. The van der Waals surface area contributed by atoms with Gasteiger partial charge in [0, 0.05) is 20.6 Å². The first kappa shape index (κ1) is 28.0. The van der Waals surface area contributed by atoms with Crippen molar-refractivity contribution in [2.75, 3.05) is 34.9 Å². The minimum absolute atomic E-state index is 0.0967. The fourth-order valence-electron chi connectivity index (χ4n) is 9.03. The Bertz CT molecular complexity index is 803. The summed E-state index contributed by atoms with van der Waals surface area (Å²) in [5.41, 5.74) is 0.000147. The average molecular weight is 511 g/mol. The Morgan fingerprint density at radius 3 is 2.47 bits per heavy atom. The zero-order chi connectivity index (χ0) is 26.1. The van der Waals surface area contributed by atoms with Crippen LogP contribution in [0.5, 0.6) is 0 Å². The van der Waals surface area contributed by atoms with E-state index >= 15 is 4.39 Å². The maximum atomic E-state index is 15.3. The van der Waals surface area contributed by atoms with Crippen LogP contribution < -0.4 is 0 Å². The van der Waals surface area contributed by atoms with E-state index in [2.05, 4.69) is 20.8 Å². The van der Waals surface area contributed by atoms with E-state index < -0.39 is 6.10 Å². The summed E-state index contributed by atoms with van der Waals surface area (Å²) >= 11 is 0. The van der Waals surface area contributed by atoms with Crippen molar-refractivity contribution in [1.82, 2.24) is 0 Å².